The smallest absolute Gasteiger partial charge is 0.417 e. The third kappa shape index (κ3) is 4.71. The number of likely N-dealkylation sites (tertiary alicyclic amines) is 1. The van der Waals surface area contributed by atoms with Crippen molar-refractivity contribution in [3.63, 3.8) is 0 Å². The molecule has 4 atom stereocenters. The SMILES string of the molecule is CN(C)[C@@H]1C(=O)C(C(N)=O)=C(O)[C@@]2(O)C(=O)C3=C(O)c4c(O)cc(CN5CCC(C)(O)CC5)c(C(F)(F)F)c4C[C@H]3C[C@@H]12. The van der Waals surface area contributed by atoms with Crippen molar-refractivity contribution in [3.05, 3.63) is 45.2 Å². The number of phenolic OH excluding ortho intramolecular Hbond substituents is 1. The molecule has 5 rings (SSSR count). The number of halogens is 3. The molecule has 1 saturated carbocycles. The predicted molar refractivity (Wildman–Crippen MR) is 144 cm³/mol. The fourth-order valence-electron chi connectivity index (χ4n) is 7.30. The molecule has 11 nitrogen and oxygen atoms in total. The van der Waals surface area contributed by atoms with Crippen LogP contribution in [0.15, 0.2) is 23.0 Å². The van der Waals surface area contributed by atoms with Crippen LogP contribution in [-0.4, -0.2) is 97.2 Å². The Balaban J connectivity index is 1.67. The van der Waals surface area contributed by atoms with Gasteiger partial charge in [-0.3, -0.25) is 24.2 Å². The Labute approximate surface area is 244 Å². The van der Waals surface area contributed by atoms with Crippen molar-refractivity contribution in [3.8, 4) is 5.75 Å². The molecule has 4 aliphatic rings. The van der Waals surface area contributed by atoms with Gasteiger partial charge in [0.1, 0.15) is 22.8 Å². The zero-order valence-electron chi connectivity index (χ0n) is 23.8. The van der Waals surface area contributed by atoms with Gasteiger partial charge in [0.25, 0.3) is 5.91 Å². The number of fused-ring (bicyclic) bond motifs is 3. The lowest BCUT2D eigenvalue weighted by molar-refractivity contribution is -0.153. The summed E-state index contributed by atoms with van der Waals surface area (Å²) in [6.07, 6.45) is -5.03. The van der Waals surface area contributed by atoms with Crippen LogP contribution in [0.25, 0.3) is 5.76 Å². The van der Waals surface area contributed by atoms with E-state index in [1.165, 1.54) is 19.0 Å². The van der Waals surface area contributed by atoms with Gasteiger partial charge in [-0.05, 0) is 69.8 Å². The number of carbonyl (C=O) groups excluding carboxylic acids is 3. The summed E-state index contributed by atoms with van der Waals surface area (Å²) < 4.78 is 44.1. The van der Waals surface area contributed by atoms with Gasteiger partial charge in [-0.15, -0.1) is 0 Å². The standard InChI is InChI=1S/C29H34F3N3O8/c1-27(42)4-6-35(7-5-27)11-13-10-16(36)18-14(20(13)29(30,31)32)8-12-9-15-21(34(2)3)23(38)19(26(33)41)25(40)28(15,43)24(39)17(12)22(18)37/h10,12,15,21,36-37,40,42-43H,4-9,11H2,1-3H3,(H2,33,41)/t12-,15-,21-,28-/m0/s1. The number of rotatable bonds is 4. The largest absolute Gasteiger partial charge is 0.508 e. The number of hydrogen-bond acceptors (Lipinski definition) is 10. The van der Waals surface area contributed by atoms with Crippen LogP contribution in [-0.2, 0) is 33.5 Å². The highest BCUT2D eigenvalue weighted by Crippen LogP contribution is 2.54. The molecule has 1 aliphatic heterocycles. The van der Waals surface area contributed by atoms with Crippen molar-refractivity contribution >= 4 is 23.2 Å². The summed E-state index contributed by atoms with van der Waals surface area (Å²) >= 11 is 0. The Hall–Kier alpha value is -3.46. The number of aliphatic hydroxyl groups is 4. The molecule has 0 unspecified atom stereocenters. The first kappa shape index (κ1) is 31.0. The Kier molecular flexibility index (Phi) is 7.24. The molecule has 1 heterocycles. The minimum absolute atomic E-state index is 0.194. The molecule has 43 heavy (non-hydrogen) atoms. The van der Waals surface area contributed by atoms with E-state index >= 15 is 0 Å². The number of nitrogens with zero attached hydrogens (tertiary/aromatic N) is 2. The molecule has 2 fully saturated rings. The first-order chi connectivity index (χ1) is 19.8. The van der Waals surface area contributed by atoms with Crippen LogP contribution in [0.3, 0.4) is 0 Å². The van der Waals surface area contributed by atoms with Crippen molar-refractivity contribution in [2.75, 3.05) is 27.2 Å². The van der Waals surface area contributed by atoms with Gasteiger partial charge in [0.2, 0.25) is 5.78 Å². The highest BCUT2D eigenvalue weighted by atomic mass is 19.4. The van der Waals surface area contributed by atoms with Gasteiger partial charge in [-0.2, -0.15) is 13.2 Å². The van der Waals surface area contributed by atoms with E-state index in [2.05, 4.69) is 0 Å². The molecule has 234 valence electrons. The van der Waals surface area contributed by atoms with Gasteiger partial charge in [0, 0.05) is 31.1 Å². The maximum Gasteiger partial charge on any atom is 0.417 e. The second-order valence-corrected chi connectivity index (χ2v) is 12.5. The molecule has 0 aromatic heterocycles. The summed E-state index contributed by atoms with van der Waals surface area (Å²) in [6.45, 7) is 2.10. The van der Waals surface area contributed by atoms with E-state index in [4.69, 9.17) is 5.73 Å². The lowest BCUT2D eigenvalue weighted by atomic mass is 9.57. The zero-order chi connectivity index (χ0) is 32.0. The van der Waals surface area contributed by atoms with Gasteiger partial charge in [-0.25, -0.2) is 0 Å². The normalized spacial score (nSPS) is 29.5. The number of likely N-dealkylation sites (N-methyl/N-ethyl adjacent to an activating group) is 1. The quantitative estimate of drug-likeness (QED) is 0.272. The van der Waals surface area contributed by atoms with Crippen molar-refractivity contribution in [1.82, 2.24) is 9.80 Å². The number of piperidine rings is 1. The molecule has 7 N–H and O–H groups in total. The molecular weight excluding hydrogens is 575 g/mol. The summed E-state index contributed by atoms with van der Waals surface area (Å²) in [7, 11) is 2.86. The van der Waals surface area contributed by atoms with Crippen molar-refractivity contribution in [2.45, 2.75) is 62.6 Å². The molecule has 3 aliphatic carbocycles. The molecule has 0 radical (unpaired) electrons. The molecule has 14 heteroatoms. The Morgan fingerprint density at radius 1 is 1.14 bits per heavy atom. The molecule has 1 aromatic carbocycles. The fourth-order valence-corrected chi connectivity index (χ4v) is 7.30. The highest BCUT2D eigenvalue weighted by molar-refractivity contribution is 6.24. The average Bonchev–Trinajstić information content (AvgIpc) is 2.86. The summed E-state index contributed by atoms with van der Waals surface area (Å²) in [4.78, 5) is 42.2. The molecular formula is C29H34F3N3O8. The molecule has 0 bridgehead atoms. The molecule has 1 saturated heterocycles. The van der Waals surface area contributed by atoms with Gasteiger partial charge < -0.3 is 31.3 Å². The number of hydrogen-bond donors (Lipinski definition) is 6. The summed E-state index contributed by atoms with van der Waals surface area (Å²) in [5.41, 5.74) is -2.40. The lowest BCUT2D eigenvalue weighted by Gasteiger charge is -2.50. The maximum atomic E-state index is 14.7. The second-order valence-electron chi connectivity index (χ2n) is 12.5. The van der Waals surface area contributed by atoms with Gasteiger partial charge in [0.15, 0.2) is 11.4 Å². The number of alkyl halides is 3. The van der Waals surface area contributed by atoms with Crippen LogP contribution >= 0.6 is 0 Å². The number of Topliss-reactive ketones (excluding diaryl/α,β-unsaturated/α-hetero) is 2. The summed E-state index contributed by atoms with van der Waals surface area (Å²) in [5, 5.41) is 55.0. The summed E-state index contributed by atoms with van der Waals surface area (Å²) in [6, 6.07) is -0.462. The minimum Gasteiger partial charge on any atom is -0.508 e. The van der Waals surface area contributed by atoms with E-state index in [-0.39, 0.29) is 18.5 Å². The van der Waals surface area contributed by atoms with Crippen LogP contribution in [0.5, 0.6) is 5.75 Å². The number of primary amides is 1. The van der Waals surface area contributed by atoms with Gasteiger partial charge >= 0.3 is 6.18 Å². The number of benzene rings is 1. The van der Waals surface area contributed by atoms with Gasteiger partial charge in [0.05, 0.1) is 22.8 Å². The minimum atomic E-state index is -4.92. The van der Waals surface area contributed by atoms with Crippen LogP contribution in [0.4, 0.5) is 13.2 Å². The van der Waals surface area contributed by atoms with Crippen LogP contribution in [0.1, 0.15) is 48.4 Å². The topological polar surface area (TPSA) is 185 Å². The van der Waals surface area contributed by atoms with E-state index < -0.39 is 104 Å². The van der Waals surface area contributed by atoms with E-state index in [9.17, 15) is 53.1 Å². The van der Waals surface area contributed by atoms with Crippen molar-refractivity contribution in [1.29, 1.82) is 0 Å². The van der Waals surface area contributed by atoms with Crippen molar-refractivity contribution < 1.29 is 53.1 Å². The molecule has 0 spiro atoms. The monoisotopic (exact) mass is 609 g/mol. The van der Waals surface area contributed by atoms with Crippen LogP contribution in [0, 0.1) is 11.8 Å². The van der Waals surface area contributed by atoms with E-state index in [0.717, 1.165) is 6.07 Å². The maximum absolute atomic E-state index is 14.7. The second kappa shape index (κ2) is 10.0. The lowest BCUT2D eigenvalue weighted by Crippen LogP contribution is -2.65. The number of nitrogens with two attached hydrogens (primary N) is 1. The number of amides is 1. The number of aromatic hydroxyl groups is 1. The highest BCUT2D eigenvalue weighted by Gasteiger charge is 2.64. The number of aliphatic hydroxyl groups excluding tert-OH is 2. The van der Waals surface area contributed by atoms with E-state index in [0.29, 0.717) is 25.9 Å². The number of carbonyl (C=O) groups is 3. The predicted octanol–water partition coefficient (Wildman–Crippen LogP) is 1.33. The third-order valence-electron chi connectivity index (χ3n) is 9.42. The Bertz CT molecular complexity index is 1490. The van der Waals surface area contributed by atoms with E-state index in [1.807, 2.05) is 0 Å². The average molecular weight is 610 g/mol. The number of phenols is 1. The zero-order valence-corrected chi connectivity index (χ0v) is 23.8. The Morgan fingerprint density at radius 2 is 1.74 bits per heavy atom. The first-order valence-electron chi connectivity index (χ1n) is 13.9. The third-order valence-corrected chi connectivity index (χ3v) is 9.42. The first-order valence-corrected chi connectivity index (χ1v) is 13.9. The molecule has 1 aromatic rings. The Morgan fingerprint density at radius 3 is 2.28 bits per heavy atom. The van der Waals surface area contributed by atoms with Crippen LogP contribution in [0.2, 0.25) is 0 Å². The van der Waals surface area contributed by atoms with Crippen LogP contribution < -0.4 is 5.73 Å². The molecule has 1 amide bonds. The van der Waals surface area contributed by atoms with Crippen molar-refractivity contribution in [2.24, 2.45) is 17.6 Å². The fraction of sp³-hybridized carbons (Fsp3) is 0.552. The van der Waals surface area contributed by atoms with Gasteiger partial charge in [-0.1, -0.05) is 0 Å². The summed E-state index contributed by atoms with van der Waals surface area (Å²) in [5.74, 6) is -9.16. The number of ketones is 2. The van der Waals surface area contributed by atoms with E-state index in [1.54, 1.807) is 11.8 Å².